The molecule has 0 spiro atoms. The molecule has 0 amide bonds. The molecule has 1 aromatic carbocycles. The van der Waals surface area contributed by atoms with Crippen LogP contribution in [0.2, 0.25) is 5.02 Å². The Labute approximate surface area is 162 Å². The van der Waals surface area contributed by atoms with Crippen LogP contribution >= 0.6 is 11.6 Å². The summed E-state index contributed by atoms with van der Waals surface area (Å²) in [7, 11) is 1.20. The van der Waals surface area contributed by atoms with Crippen molar-refractivity contribution in [2.24, 2.45) is 5.92 Å². The Balaban J connectivity index is 2.78. The Bertz CT molecular complexity index is 901. The summed E-state index contributed by atoms with van der Waals surface area (Å²) in [5.41, 5.74) is 1.28. The van der Waals surface area contributed by atoms with Gasteiger partial charge in [-0.3, -0.25) is 9.59 Å². The van der Waals surface area contributed by atoms with E-state index in [1.54, 1.807) is 31.2 Å². The second-order valence-electron chi connectivity index (χ2n) is 6.17. The average molecular weight is 390 g/mol. The molecule has 0 aliphatic carbocycles. The van der Waals surface area contributed by atoms with Gasteiger partial charge in [-0.05, 0) is 26.8 Å². The van der Waals surface area contributed by atoms with Crippen molar-refractivity contribution in [1.82, 2.24) is 5.16 Å². The number of halogens is 1. The van der Waals surface area contributed by atoms with Gasteiger partial charge in [-0.15, -0.1) is 0 Å². The van der Waals surface area contributed by atoms with Crippen LogP contribution in [0.4, 0.5) is 0 Å². The van der Waals surface area contributed by atoms with E-state index < -0.39 is 29.4 Å². The highest BCUT2D eigenvalue weighted by molar-refractivity contribution is 6.33. The highest BCUT2D eigenvalue weighted by Crippen LogP contribution is 2.42. The molecule has 0 radical (unpaired) electrons. The van der Waals surface area contributed by atoms with Gasteiger partial charge in [-0.25, -0.2) is 4.79 Å². The number of ether oxygens (including phenoxy) is 1. The van der Waals surface area contributed by atoms with Gasteiger partial charge in [-0.1, -0.05) is 41.5 Å². The number of benzene rings is 1. The summed E-state index contributed by atoms with van der Waals surface area (Å²) >= 11 is 6.29. The summed E-state index contributed by atoms with van der Waals surface area (Å²) in [5.74, 6) is -3.28. The van der Waals surface area contributed by atoms with Crippen molar-refractivity contribution in [2.45, 2.75) is 26.7 Å². The van der Waals surface area contributed by atoms with E-state index in [2.05, 4.69) is 11.7 Å². The van der Waals surface area contributed by atoms with Crippen molar-refractivity contribution in [1.29, 1.82) is 0 Å². The monoisotopic (exact) mass is 389 g/mol. The molecule has 0 fully saturated rings. The SMILES string of the molecule is C=C(C(=O)OC)C(c1c(-c2ccccc2Cl)noc1C)C(C(C)=O)C(C)=O. The minimum Gasteiger partial charge on any atom is -0.466 e. The molecule has 0 bridgehead atoms. The number of aromatic nitrogens is 1. The second-order valence-corrected chi connectivity index (χ2v) is 6.58. The van der Waals surface area contributed by atoms with Gasteiger partial charge < -0.3 is 9.26 Å². The molecule has 0 aliphatic heterocycles. The zero-order valence-electron chi connectivity index (χ0n) is 15.5. The molecule has 0 saturated heterocycles. The van der Waals surface area contributed by atoms with Gasteiger partial charge in [0.15, 0.2) is 0 Å². The maximum Gasteiger partial charge on any atom is 0.333 e. The Morgan fingerprint density at radius 1 is 1.19 bits per heavy atom. The zero-order chi connectivity index (χ0) is 20.3. The number of nitrogens with zero attached hydrogens (tertiary/aromatic N) is 1. The van der Waals surface area contributed by atoms with Crippen LogP contribution in [0, 0.1) is 12.8 Å². The first-order valence-electron chi connectivity index (χ1n) is 8.19. The first kappa shape index (κ1) is 20.6. The van der Waals surface area contributed by atoms with E-state index in [-0.39, 0.29) is 5.57 Å². The van der Waals surface area contributed by atoms with E-state index in [9.17, 15) is 14.4 Å². The second kappa shape index (κ2) is 8.31. The number of carbonyl (C=O) groups is 3. The van der Waals surface area contributed by atoms with Crippen LogP contribution in [-0.4, -0.2) is 29.8 Å². The Morgan fingerprint density at radius 3 is 2.30 bits per heavy atom. The van der Waals surface area contributed by atoms with Gasteiger partial charge in [0.2, 0.25) is 0 Å². The Hall–Kier alpha value is -2.73. The molecule has 6 nitrogen and oxygen atoms in total. The van der Waals surface area contributed by atoms with E-state index in [4.69, 9.17) is 20.9 Å². The van der Waals surface area contributed by atoms with Gasteiger partial charge >= 0.3 is 5.97 Å². The number of rotatable bonds is 7. The number of ketones is 2. The molecule has 0 aliphatic rings. The third-order valence-corrected chi connectivity index (χ3v) is 4.71. The van der Waals surface area contributed by atoms with Crippen LogP contribution < -0.4 is 0 Å². The van der Waals surface area contributed by atoms with Gasteiger partial charge in [0.25, 0.3) is 0 Å². The molecule has 1 unspecified atom stereocenters. The highest BCUT2D eigenvalue weighted by atomic mass is 35.5. The zero-order valence-corrected chi connectivity index (χ0v) is 16.3. The largest absolute Gasteiger partial charge is 0.466 e. The van der Waals surface area contributed by atoms with E-state index in [1.165, 1.54) is 21.0 Å². The van der Waals surface area contributed by atoms with Crippen LogP contribution in [0.5, 0.6) is 0 Å². The molecule has 0 N–H and O–H groups in total. The molecule has 0 saturated carbocycles. The Kier molecular flexibility index (Phi) is 6.33. The van der Waals surface area contributed by atoms with Gasteiger partial charge in [0, 0.05) is 22.6 Å². The summed E-state index contributed by atoms with van der Waals surface area (Å²) < 4.78 is 10.1. The van der Waals surface area contributed by atoms with Crippen molar-refractivity contribution in [2.75, 3.05) is 7.11 Å². The number of hydrogen-bond acceptors (Lipinski definition) is 6. The summed E-state index contributed by atoms with van der Waals surface area (Å²) in [6.45, 7) is 8.01. The van der Waals surface area contributed by atoms with Gasteiger partial charge in [0.1, 0.15) is 23.0 Å². The number of aryl methyl sites for hydroxylation is 1. The van der Waals surface area contributed by atoms with Crippen molar-refractivity contribution in [3.63, 3.8) is 0 Å². The average Bonchev–Trinajstić information content (AvgIpc) is 2.98. The predicted octanol–water partition coefficient (Wildman–Crippen LogP) is 3.91. The quantitative estimate of drug-likeness (QED) is 0.405. The van der Waals surface area contributed by atoms with E-state index in [0.29, 0.717) is 27.6 Å². The van der Waals surface area contributed by atoms with Crippen LogP contribution in [0.25, 0.3) is 11.3 Å². The molecule has 1 heterocycles. The predicted molar refractivity (Wildman–Crippen MR) is 100 cm³/mol. The normalized spacial score (nSPS) is 11.9. The topological polar surface area (TPSA) is 86.5 Å². The minimum absolute atomic E-state index is 0.0347. The smallest absolute Gasteiger partial charge is 0.333 e. The molecular formula is C20H20ClNO5. The first-order chi connectivity index (χ1) is 12.7. The van der Waals surface area contributed by atoms with Crippen LogP contribution in [0.15, 0.2) is 40.9 Å². The van der Waals surface area contributed by atoms with Gasteiger partial charge in [0.05, 0.1) is 18.1 Å². The maximum atomic E-state index is 12.3. The fraction of sp³-hybridized carbons (Fsp3) is 0.300. The highest BCUT2D eigenvalue weighted by Gasteiger charge is 2.40. The number of hydrogen-bond donors (Lipinski definition) is 0. The van der Waals surface area contributed by atoms with Crippen molar-refractivity contribution >= 4 is 29.1 Å². The number of esters is 1. The third-order valence-electron chi connectivity index (χ3n) is 4.38. The number of carbonyl (C=O) groups excluding carboxylic acids is 3. The van der Waals surface area contributed by atoms with Crippen molar-refractivity contribution in [3.8, 4) is 11.3 Å². The third kappa shape index (κ3) is 4.01. The lowest BCUT2D eigenvalue weighted by Crippen LogP contribution is -2.31. The van der Waals surface area contributed by atoms with Crippen LogP contribution in [-0.2, 0) is 19.1 Å². The summed E-state index contributed by atoms with van der Waals surface area (Å²) in [4.78, 5) is 36.7. The van der Waals surface area contributed by atoms with Crippen molar-refractivity contribution < 1.29 is 23.6 Å². The maximum absolute atomic E-state index is 12.3. The molecule has 2 rings (SSSR count). The van der Waals surface area contributed by atoms with E-state index >= 15 is 0 Å². The summed E-state index contributed by atoms with van der Waals surface area (Å²) in [6, 6.07) is 6.95. The molecule has 27 heavy (non-hydrogen) atoms. The lowest BCUT2D eigenvalue weighted by molar-refractivity contribution is -0.136. The summed E-state index contributed by atoms with van der Waals surface area (Å²) in [5, 5.41) is 4.47. The molecule has 2 aromatic rings. The number of Topliss-reactive ketones (excluding diaryl/α,β-unsaturated/α-hetero) is 2. The first-order valence-corrected chi connectivity index (χ1v) is 8.57. The fourth-order valence-corrected chi connectivity index (χ4v) is 3.37. The fourth-order valence-electron chi connectivity index (χ4n) is 3.15. The Morgan fingerprint density at radius 2 is 1.78 bits per heavy atom. The molecule has 1 aromatic heterocycles. The lowest BCUT2D eigenvalue weighted by atomic mass is 9.75. The number of methoxy groups -OCH3 is 1. The van der Waals surface area contributed by atoms with Crippen molar-refractivity contribution in [3.05, 3.63) is 52.8 Å². The van der Waals surface area contributed by atoms with E-state index in [0.717, 1.165) is 0 Å². The van der Waals surface area contributed by atoms with Crippen LogP contribution in [0.3, 0.4) is 0 Å². The standard InChI is InChI=1S/C20H20ClNO5/c1-10(20(25)26-5)16(17(11(2)23)12(3)24)18-13(4)27-22-19(18)14-8-6-7-9-15(14)21/h6-9,16-17H,1H2,2-5H3. The van der Waals surface area contributed by atoms with E-state index in [1.807, 2.05) is 0 Å². The van der Waals surface area contributed by atoms with Crippen LogP contribution in [0.1, 0.15) is 31.1 Å². The van der Waals surface area contributed by atoms with Gasteiger partial charge in [-0.2, -0.15) is 0 Å². The summed E-state index contributed by atoms with van der Waals surface area (Å²) in [6.07, 6.45) is 0. The molecule has 1 atom stereocenters. The molecule has 142 valence electrons. The minimum atomic E-state index is -1.13. The lowest BCUT2D eigenvalue weighted by Gasteiger charge is -2.24. The molecular weight excluding hydrogens is 370 g/mol. The molecule has 7 heteroatoms.